The maximum absolute atomic E-state index is 12.7. The van der Waals surface area contributed by atoms with Gasteiger partial charge >= 0.3 is 6.18 Å². The van der Waals surface area contributed by atoms with Crippen molar-refractivity contribution in [1.29, 1.82) is 0 Å². The Hall–Kier alpha value is -1.44. The van der Waals surface area contributed by atoms with Gasteiger partial charge in [-0.05, 0) is 45.6 Å². The lowest BCUT2D eigenvalue weighted by atomic mass is 9.99. The SMILES string of the molecule is NNC(Cc1cccc(C(F)(F)F)c1)c1cncc(Br)c1. The topological polar surface area (TPSA) is 50.9 Å². The van der Waals surface area contributed by atoms with Gasteiger partial charge in [-0.3, -0.25) is 16.3 Å². The van der Waals surface area contributed by atoms with E-state index in [9.17, 15) is 13.2 Å². The molecule has 1 aromatic carbocycles. The van der Waals surface area contributed by atoms with Crippen LogP contribution in [0.5, 0.6) is 0 Å². The minimum absolute atomic E-state index is 0.321. The van der Waals surface area contributed by atoms with E-state index in [0.717, 1.165) is 22.2 Å². The van der Waals surface area contributed by atoms with E-state index in [-0.39, 0.29) is 6.04 Å². The van der Waals surface area contributed by atoms with Gasteiger partial charge in [-0.2, -0.15) is 13.2 Å². The van der Waals surface area contributed by atoms with Crippen molar-refractivity contribution in [2.45, 2.75) is 18.6 Å². The van der Waals surface area contributed by atoms with Crippen molar-refractivity contribution in [3.8, 4) is 0 Å². The number of benzene rings is 1. The fourth-order valence-corrected chi connectivity index (χ4v) is 2.38. The summed E-state index contributed by atoms with van der Waals surface area (Å²) in [6.45, 7) is 0. The normalized spacial score (nSPS) is 13.2. The Bertz CT molecular complexity index is 616. The van der Waals surface area contributed by atoms with Crippen LogP contribution in [0.15, 0.2) is 47.2 Å². The van der Waals surface area contributed by atoms with Crippen molar-refractivity contribution in [3.05, 3.63) is 63.9 Å². The molecule has 3 nitrogen and oxygen atoms in total. The third kappa shape index (κ3) is 4.26. The molecule has 7 heteroatoms. The smallest absolute Gasteiger partial charge is 0.271 e. The Morgan fingerprint density at radius 1 is 1.24 bits per heavy atom. The van der Waals surface area contributed by atoms with Crippen molar-refractivity contribution in [2.75, 3.05) is 0 Å². The number of pyridine rings is 1. The van der Waals surface area contributed by atoms with E-state index >= 15 is 0 Å². The number of alkyl halides is 3. The summed E-state index contributed by atoms with van der Waals surface area (Å²) < 4.78 is 38.9. The van der Waals surface area contributed by atoms with Crippen molar-refractivity contribution in [2.24, 2.45) is 5.84 Å². The minimum Gasteiger partial charge on any atom is -0.271 e. The molecule has 1 atom stereocenters. The number of nitrogens with one attached hydrogen (secondary N) is 1. The Kier molecular flexibility index (Phi) is 4.97. The summed E-state index contributed by atoms with van der Waals surface area (Å²) in [6.07, 6.45) is -0.762. The number of nitrogens with zero attached hydrogens (tertiary/aromatic N) is 1. The number of rotatable bonds is 4. The average Bonchev–Trinajstić information content (AvgIpc) is 2.44. The van der Waals surface area contributed by atoms with Gasteiger partial charge in [0.2, 0.25) is 0 Å². The van der Waals surface area contributed by atoms with Gasteiger partial charge in [0.15, 0.2) is 0 Å². The molecule has 1 aromatic heterocycles. The lowest BCUT2D eigenvalue weighted by Gasteiger charge is -2.17. The fraction of sp³-hybridized carbons (Fsp3) is 0.214. The van der Waals surface area contributed by atoms with Crippen LogP contribution < -0.4 is 11.3 Å². The number of halogens is 4. The van der Waals surface area contributed by atoms with Gasteiger partial charge in [0.1, 0.15) is 0 Å². The highest BCUT2D eigenvalue weighted by atomic mass is 79.9. The maximum atomic E-state index is 12.7. The highest BCUT2D eigenvalue weighted by Crippen LogP contribution is 2.30. The van der Waals surface area contributed by atoms with Crippen LogP contribution in [0.4, 0.5) is 13.2 Å². The molecule has 0 amide bonds. The molecule has 1 unspecified atom stereocenters. The van der Waals surface area contributed by atoms with Crippen molar-refractivity contribution in [1.82, 2.24) is 10.4 Å². The largest absolute Gasteiger partial charge is 0.416 e. The van der Waals surface area contributed by atoms with Crippen LogP contribution in [0.25, 0.3) is 0 Å². The average molecular weight is 360 g/mol. The molecule has 1 heterocycles. The van der Waals surface area contributed by atoms with Crippen molar-refractivity contribution < 1.29 is 13.2 Å². The first kappa shape index (κ1) is 15.9. The van der Waals surface area contributed by atoms with Gasteiger partial charge in [0.25, 0.3) is 0 Å². The zero-order chi connectivity index (χ0) is 15.5. The number of hydrogen-bond acceptors (Lipinski definition) is 3. The molecule has 2 aromatic rings. The third-order valence-corrected chi connectivity index (χ3v) is 3.46. The highest BCUT2D eigenvalue weighted by Gasteiger charge is 2.30. The standard InChI is InChI=1S/C14H13BrF3N3/c15-12-6-10(7-20-8-12)13(21-19)5-9-2-1-3-11(4-9)14(16,17)18/h1-4,6-8,13,21H,5,19H2. The number of aromatic nitrogens is 1. The summed E-state index contributed by atoms with van der Waals surface area (Å²) in [4.78, 5) is 4.03. The number of hydrazine groups is 1. The zero-order valence-corrected chi connectivity index (χ0v) is 12.4. The Morgan fingerprint density at radius 3 is 2.62 bits per heavy atom. The van der Waals surface area contributed by atoms with Crippen LogP contribution in [-0.4, -0.2) is 4.98 Å². The van der Waals surface area contributed by atoms with E-state index in [0.29, 0.717) is 12.0 Å². The molecule has 0 saturated heterocycles. The van der Waals surface area contributed by atoms with E-state index in [2.05, 4.69) is 26.3 Å². The first-order valence-corrected chi connectivity index (χ1v) is 6.92. The second kappa shape index (κ2) is 6.55. The molecule has 0 aliphatic carbocycles. The minimum atomic E-state index is -4.35. The Morgan fingerprint density at radius 2 is 2.00 bits per heavy atom. The predicted molar refractivity (Wildman–Crippen MR) is 77.1 cm³/mol. The summed E-state index contributed by atoms with van der Waals surface area (Å²) in [5, 5.41) is 0. The van der Waals surface area contributed by atoms with E-state index < -0.39 is 11.7 Å². The highest BCUT2D eigenvalue weighted by molar-refractivity contribution is 9.10. The van der Waals surface area contributed by atoms with Gasteiger partial charge in [0.05, 0.1) is 11.6 Å². The van der Waals surface area contributed by atoms with Gasteiger partial charge in [-0.15, -0.1) is 0 Å². The molecule has 0 bridgehead atoms. The van der Waals surface area contributed by atoms with Gasteiger partial charge in [0, 0.05) is 16.9 Å². The van der Waals surface area contributed by atoms with Gasteiger partial charge in [-0.25, -0.2) is 0 Å². The molecule has 21 heavy (non-hydrogen) atoms. The summed E-state index contributed by atoms with van der Waals surface area (Å²) in [5.41, 5.74) is 3.29. The van der Waals surface area contributed by atoms with Crippen LogP contribution in [0, 0.1) is 0 Å². The second-order valence-electron chi connectivity index (χ2n) is 4.56. The third-order valence-electron chi connectivity index (χ3n) is 3.02. The molecule has 0 saturated carbocycles. The first-order chi connectivity index (χ1) is 9.90. The van der Waals surface area contributed by atoms with Crippen LogP contribution >= 0.6 is 15.9 Å². The molecule has 2 rings (SSSR count). The van der Waals surface area contributed by atoms with Crippen LogP contribution in [0.1, 0.15) is 22.7 Å². The lowest BCUT2D eigenvalue weighted by molar-refractivity contribution is -0.137. The van der Waals surface area contributed by atoms with Crippen molar-refractivity contribution >= 4 is 15.9 Å². The quantitative estimate of drug-likeness (QED) is 0.647. The molecule has 0 fully saturated rings. The monoisotopic (exact) mass is 359 g/mol. The van der Waals surface area contributed by atoms with E-state index in [4.69, 9.17) is 5.84 Å². The molecule has 112 valence electrons. The van der Waals surface area contributed by atoms with Gasteiger partial charge < -0.3 is 0 Å². The lowest BCUT2D eigenvalue weighted by Crippen LogP contribution is -2.29. The summed E-state index contributed by atoms with van der Waals surface area (Å²) in [6, 6.07) is 6.73. The second-order valence-corrected chi connectivity index (χ2v) is 5.47. The predicted octanol–water partition coefficient (Wildman–Crippen LogP) is 3.61. The number of hydrogen-bond donors (Lipinski definition) is 2. The fourth-order valence-electron chi connectivity index (χ4n) is 2.00. The van der Waals surface area contributed by atoms with Crippen LogP contribution in [-0.2, 0) is 12.6 Å². The van der Waals surface area contributed by atoms with E-state index in [1.54, 1.807) is 18.5 Å². The molecule has 0 spiro atoms. The molecule has 3 N–H and O–H groups in total. The zero-order valence-electron chi connectivity index (χ0n) is 10.9. The molecule has 0 aliphatic rings. The maximum Gasteiger partial charge on any atom is 0.416 e. The Balaban J connectivity index is 2.23. The first-order valence-electron chi connectivity index (χ1n) is 6.13. The summed E-state index contributed by atoms with van der Waals surface area (Å²) >= 11 is 3.30. The molecular formula is C14H13BrF3N3. The molecule has 0 aliphatic heterocycles. The van der Waals surface area contributed by atoms with Crippen molar-refractivity contribution in [3.63, 3.8) is 0 Å². The molecular weight excluding hydrogens is 347 g/mol. The number of nitrogens with two attached hydrogens (primary N) is 1. The Labute approximate surface area is 128 Å². The van der Waals surface area contributed by atoms with Crippen LogP contribution in [0.2, 0.25) is 0 Å². The van der Waals surface area contributed by atoms with E-state index in [1.807, 2.05) is 6.07 Å². The van der Waals surface area contributed by atoms with Gasteiger partial charge in [-0.1, -0.05) is 18.2 Å². The summed E-state index contributed by atoms with van der Waals surface area (Å²) in [5.74, 6) is 5.51. The molecule has 0 radical (unpaired) electrons. The summed E-state index contributed by atoms with van der Waals surface area (Å²) in [7, 11) is 0. The van der Waals surface area contributed by atoms with Crippen LogP contribution in [0.3, 0.4) is 0 Å². The van der Waals surface area contributed by atoms with E-state index in [1.165, 1.54) is 6.07 Å².